The highest BCUT2D eigenvalue weighted by molar-refractivity contribution is 5.99. The molecule has 1 heterocycles. The molecule has 2 atom stereocenters. The highest BCUT2D eigenvalue weighted by atomic mass is 19.3. The first-order valence-electron chi connectivity index (χ1n) is 4.45. The maximum Gasteiger partial charge on any atom is 0.420 e. The van der Waals surface area contributed by atoms with E-state index in [1.807, 2.05) is 0 Å². The molecule has 0 radical (unpaired) electrons. The molecule has 0 spiro atoms. The fourth-order valence-corrected chi connectivity index (χ4v) is 1.02. The summed E-state index contributed by atoms with van der Waals surface area (Å²) in [6.45, 7) is 0.752. The van der Waals surface area contributed by atoms with Gasteiger partial charge in [0, 0.05) is 6.42 Å². The van der Waals surface area contributed by atoms with Gasteiger partial charge < -0.3 is 4.74 Å². The Bertz CT molecular complexity index is 343. The molecule has 0 aliphatic carbocycles. The van der Waals surface area contributed by atoms with Crippen molar-refractivity contribution in [2.45, 2.75) is 37.7 Å². The average molecular weight is 262 g/mol. The zero-order chi connectivity index (χ0) is 13.4. The topological polar surface area (TPSA) is 52.6 Å². The van der Waals surface area contributed by atoms with Crippen molar-refractivity contribution >= 4 is 11.9 Å². The van der Waals surface area contributed by atoms with Gasteiger partial charge in [-0.2, -0.15) is 17.6 Å². The van der Waals surface area contributed by atoms with Crippen molar-refractivity contribution in [2.75, 3.05) is 0 Å². The first-order valence-corrected chi connectivity index (χ1v) is 4.45. The summed E-state index contributed by atoms with van der Waals surface area (Å²) in [7, 11) is 0. The predicted molar refractivity (Wildman–Crippen MR) is 41.1 cm³/mol. The van der Waals surface area contributed by atoms with Gasteiger partial charge in [0.05, 0.1) is 0 Å². The summed E-state index contributed by atoms with van der Waals surface area (Å²) < 4.78 is 71.0. The van der Waals surface area contributed by atoms with Crippen LogP contribution in [0.15, 0.2) is 0 Å². The summed E-state index contributed by atoms with van der Waals surface area (Å²) >= 11 is 0. The molecule has 98 valence electrons. The van der Waals surface area contributed by atoms with Crippen molar-refractivity contribution < 1.29 is 41.0 Å². The summed E-state index contributed by atoms with van der Waals surface area (Å²) in [5, 5.41) is 0. The van der Waals surface area contributed by atoms with E-state index in [1.54, 1.807) is 0 Å². The molecule has 9 heteroatoms. The Labute approximate surface area is 91.7 Å². The van der Waals surface area contributed by atoms with Gasteiger partial charge in [0.25, 0.3) is 0 Å². The van der Waals surface area contributed by atoms with Gasteiger partial charge in [-0.3, -0.25) is 4.74 Å². The molecule has 0 saturated carbocycles. The van der Waals surface area contributed by atoms with E-state index in [9.17, 15) is 31.5 Å². The third-order valence-corrected chi connectivity index (χ3v) is 2.07. The van der Waals surface area contributed by atoms with Crippen LogP contribution in [0.2, 0.25) is 0 Å². The molecule has 4 nitrogen and oxygen atoms in total. The molecule has 0 bridgehead atoms. The highest BCUT2D eigenvalue weighted by Crippen LogP contribution is 2.39. The molecule has 0 aromatic heterocycles. The molecule has 2 unspecified atom stereocenters. The maximum absolute atomic E-state index is 12.9. The number of cyclic esters (lactones) is 2. The maximum atomic E-state index is 12.9. The summed E-state index contributed by atoms with van der Waals surface area (Å²) in [5.41, 5.74) is 0. The summed E-state index contributed by atoms with van der Waals surface area (Å²) in [4.78, 5) is 21.2. The standard InChI is InChI=1S/C8H7F5O4/c1-2-7(10,11)8(12,13)17-4-3(9)5(14)16-6(4)15/h3-4H,2H2,1H3. The van der Waals surface area contributed by atoms with E-state index in [0.717, 1.165) is 6.92 Å². The predicted octanol–water partition coefficient (Wildman–Crippen LogP) is 1.43. The summed E-state index contributed by atoms with van der Waals surface area (Å²) in [6.07, 6.45) is -11.9. The number of carbonyl (C=O) groups is 2. The average Bonchev–Trinajstić information content (AvgIpc) is 2.44. The Kier molecular flexibility index (Phi) is 3.42. The first kappa shape index (κ1) is 13.8. The molecular weight excluding hydrogens is 255 g/mol. The summed E-state index contributed by atoms with van der Waals surface area (Å²) in [6, 6.07) is 0. The van der Waals surface area contributed by atoms with E-state index in [2.05, 4.69) is 9.47 Å². The second-order valence-corrected chi connectivity index (χ2v) is 3.26. The van der Waals surface area contributed by atoms with E-state index < -0.39 is 42.7 Å². The zero-order valence-corrected chi connectivity index (χ0v) is 8.38. The molecule has 0 N–H and O–H groups in total. The van der Waals surface area contributed by atoms with Crippen LogP contribution in [0.3, 0.4) is 0 Å². The second kappa shape index (κ2) is 4.21. The van der Waals surface area contributed by atoms with Gasteiger partial charge in [-0.1, -0.05) is 6.92 Å². The van der Waals surface area contributed by atoms with Gasteiger partial charge in [0.1, 0.15) is 0 Å². The van der Waals surface area contributed by atoms with Crippen molar-refractivity contribution in [1.82, 2.24) is 0 Å². The minimum atomic E-state index is -5.07. The van der Waals surface area contributed by atoms with Crippen molar-refractivity contribution in [3.8, 4) is 0 Å². The number of hydrogen-bond donors (Lipinski definition) is 0. The van der Waals surface area contributed by atoms with E-state index in [0.29, 0.717) is 0 Å². The van der Waals surface area contributed by atoms with E-state index >= 15 is 0 Å². The Hall–Kier alpha value is -1.25. The fourth-order valence-electron chi connectivity index (χ4n) is 1.02. The van der Waals surface area contributed by atoms with Crippen LogP contribution in [0, 0.1) is 0 Å². The van der Waals surface area contributed by atoms with Gasteiger partial charge >= 0.3 is 24.0 Å². The number of carbonyl (C=O) groups excluding carboxylic acids is 2. The Morgan fingerprint density at radius 3 is 2.12 bits per heavy atom. The molecule has 1 fully saturated rings. The number of alkyl halides is 5. The first-order chi connectivity index (χ1) is 7.62. The molecule has 17 heavy (non-hydrogen) atoms. The van der Waals surface area contributed by atoms with Gasteiger partial charge in [0.2, 0.25) is 12.3 Å². The largest absolute Gasteiger partial charge is 0.420 e. The molecule has 0 aromatic rings. The van der Waals surface area contributed by atoms with Crippen LogP contribution in [-0.2, 0) is 19.1 Å². The third kappa shape index (κ3) is 2.38. The smallest absolute Gasteiger partial charge is 0.389 e. The molecule has 1 aliphatic rings. The lowest BCUT2D eigenvalue weighted by Gasteiger charge is -2.26. The number of esters is 2. The molecule has 1 aliphatic heterocycles. The van der Waals surface area contributed by atoms with E-state index in [-0.39, 0.29) is 0 Å². The lowest BCUT2D eigenvalue weighted by atomic mass is 10.2. The molecule has 0 aromatic carbocycles. The number of ether oxygens (including phenoxy) is 2. The molecule has 1 rings (SSSR count). The number of halogens is 5. The van der Waals surface area contributed by atoms with Crippen molar-refractivity contribution in [3.05, 3.63) is 0 Å². The lowest BCUT2D eigenvalue weighted by molar-refractivity contribution is -0.359. The van der Waals surface area contributed by atoms with Crippen LogP contribution in [-0.4, -0.2) is 36.2 Å². The Morgan fingerprint density at radius 1 is 1.24 bits per heavy atom. The quantitative estimate of drug-likeness (QED) is 0.437. The molecule has 1 saturated heterocycles. The minimum absolute atomic E-state index is 0.752. The normalized spacial score (nSPS) is 26.2. The highest BCUT2D eigenvalue weighted by Gasteiger charge is 2.61. The zero-order valence-electron chi connectivity index (χ0n) is 8.38. The van der Waals surface area contributed by atoms with Crippen LogP contribution in [0.5, 0.6) is 0 Å². The van der Waals surface area contributed by atoms with Crippen molar-refractivity contribution in [1.29, 1.82) is 0 Å². The number of hydrogen-bond acceptors (Lipinski definition) is 4. The van der Waals surface area contributed by atoms with Crippen LogP contribution >= 0.6 is 0 Å². The van der Waals surface area contributed by atoms with Gasteiger partial charge in [-0.25, -0.2) is 14.0 Å². The summed E-state index contributed by atoms with van der Waals surface area (Å²) in [5.74, 6) is -8.08. The van der Waals surface area contributed by atoms with Crippen LogP contribution in [0.1, 0.15) is 13.3 Å². The van der Waals surface area contributed by atoms with Crippen molar-refractivity contribution in [3.63, 3.8) is 0 Å². The number of rotatable bonds is 4. The van der Waals surface area contributed by atoms with E-state index in [1.165, 1.54) is 0 Å². The fraction of sp³-hybridized carbons (Fsp3) is 0.750. The monoisotopic (exact) mass is 262 g/mol. The van der Waals surface area contributed by atoms with Crippen LogP contribution in [0.25, 0.3) is 0 Å². The Morgan fingerprint density at radius 2 is 1.76 bits per heavy atom. The van der Waals surface area contributed by atoms with Gasteiger partial charge in [-0.05, 0) is 0 Å². The van der Waals surface area contributed by atoms with Gasteiger partial charge in [-0.15, -0.1) is 0 Å². The van der Waals surface area contributed by atoms with Crippen LogP contribution in [0.4, 0.5) is 22.0 Å². The minimum Gasteiger partial charge on any atom is -0.389 e. The van der Waals surface area contributed by atoms with Gasteiger partial charge in [0.15, 0.2) is 0 Å². The molecule has 0 amide bonds. The Balaban J connectivity index is 2.84. The third-order valence-electron chi connectivity index (χ3n) is 2.07. The van der Waals surface area contributed by atoms with Crippen molar-refractivity contribution in [2.24, 2.45) is 0 Å². The van der Waals surface area contributed by atoms with Crippen LogP contribution < -0.4 is 0 Å². The van der Waals surface area contributed by atoms with E-state index in [4.69, 9.17) is 0 Å². The SMILES string of the molecule is CCC(F)(F)C(F)(F)OC1C(=O)OC(=O)C1F. The lowest BCUT2D eigenvalue weighted by Crippen LogP contribution is -2.47. The second-order valence-electron chi connectivity index (χ2n) is 3.26. The molecular formula is C8H7F5O4.